The van der Waals surface area contributed by atoms with Crippen LogP contribution in [-0.4, -0.2) is 24.3 Å². The van der Waals surface area contributed by atoms with Gasteiger partial charge in [-0.2, -0.15) is 0 Å². The minimum atomic E-state index is -0.819. The lowest BCUT2D eigenvalue weighted by atomic mass is 9.84. The highest BCUT2D eigenvalue weighted by atomic mass is 17.2. The Labute approximate surface area is 143 Å². The first kappa shape index (κ1) is 18.2. The first-order valence-electron chi connectivity index (χ1n) is 8.08. The van der Waals surface area contributed by atoms with E-state index >= 15 is 0 Å². The van der Waals surface area contributed by atoms with Crippen LogP contribution in [0.2, 0.25) is 0 Å². The zero-order chi connectivity index (χ0) is 17.6. The van der Waals surface area contributed by atoms with Crippen LogP contribution in [0.5, 0.6) is 0 Å². The van der Waals surface area contributed by atoms with E-state index in [2.05, 4.69) is 32.0 Å². The van der Waals surface area contributed by atoms with Gasteiger partial charge >= 0.3 is 5.97 Å². The van der Waals surface area contributed by atoms with Crippen molar-refractivity contribution in [2.45, 2.75) is 32.6 Å². The van der Waals surface area contributed by atoms with Crippen molar-refractivity contribution in [2.75, 3.05) is 13.2 Å². The Morgan fingerprint density at radius 3 is 2.38 bits per heavy atom. The molecule has 4 nitrogen and oxygen atoms in total. The largest absolute Gasteiger partial charge is 0.481 e. The molecule has 0 amide bonds. The lowest BCUT2D eigenvalue weighted by Gasteiger charge is -2.24. The quantitative estimate of drug-likeness (QED) is 0.448. The average Bonchev–Trinajstić information content (AvgIpc) is 2.55. The Bertz CT molecular complexity index is 674. The van der Waals surface area contributed by atoms with Gasteiger partial charge in [-0.3, -0.25) is 4.79 Å². The third-order valence-electron chi connectivity index (χ3n) is 3.91. The highest BCUT2D eigenvalue weighted by Gasteiger charge is 2.22. The van der Waals surface area contributed by atoms with Crippen LogP contribution in [0.1, 0.15) is 31.9 Å². The van der Waals surface area contributed by atoms with Gasteiger partial charge in [0, 0.05) is 5.41 Å². The number of aliphatic carboxylic acids is 1. The second kappa shape index (κ2) is 8.08. The summed E-state index contributed by atoms with van der Waals surface area (Å²) in [5.41, 5.74) is 3.95. The minimum absolute atomic E-state index is 0.0438. The Kier molecular flexibility index (Phi) is 6.12. The number of hydrogen-bond donors (Lipinski definition) is 1. The van der Waals surface area contributed by atoms with Crippen LogP contribution in [0.3, 0.4) is 0 Å². The summed E-state index contributed by atoms with van der Waals surface area (Å²) < 4.78 is 0. The monoisotopic (exact) mass is 328 g/mol. The molecule has 2 aromatic carbocycles. The molecule has 0 saturated heterocycles. The van der Waals surface area contributed by atoms with Crippen LogP contribution < -0.4 is 0 Å². The number of rotatable bonds is 8. The molecule has 0 radical (unpaired) electrons. The van der Waals surface area contributed by atoms with Crippen molar-refractivity contribution in [3.63, 3.8) is 0 Å². The van der Waals surface area contributed by atoms with Gasteiger partial charge in [-0.25, -0.2) is 9.78 Å². The maximum atomic E-state index is 10.8. The summed E-state index contributed by atoms with van der Waals surface area (Å²) in [7, 11) is 0. The van der Waals surface area contributed by atoms with Crippen LogP contribution in [0.15, 0.2) is 48.5 Å². The van der Waals surface area contributed by atoms with Gasteiger partial charge in [0.05, 0.1) is 19.6 Å². The molecule has 1 N–H and O–H groups in total. The molecule has 24 heavy (non-hydrogen) atoms. The lowest BCUT2D eigenvalue weighted by molar-refractivity contribution is -0.299. The molecular weight excluding hydrogens is 304 g/mol. The fourth-order valence-corrected chi connectivity index (χ4v) is 2.47. The molecule has 2 rings (SSSR count). The summed E-state index contributed by atoms with van der Waals surface area (Å²) in [6, 6.07) is 15.9. The van der Waals surface area contributed by atoms with Crippen molar-refractivity contribution in [3.8, 4) is 11.1 Å². The van der Waals surface area contributed by atoms with E-state index in [4.69, 9.17) is 14.9 Å². The molecule has 2 aromatic rings. The van der Waals surface area contributed by atoms with Gasteiger partial charge in [0.1, 0.15) is 0 Å². The van der Waals surface area contributed by atoms with Gasteiger partial charge in [0.25, 0.3) is 0 Å². The molecule has 0 saturated carbocycles. The topological polar surface area (TPSA) is 55.8 Å². The van der Waals surface area contributed by atoms with E-state index in [1.807, 2.05) is 37.3 Å². The van der Waals surface area contributed by atoms with E-state index in [1.54, 1.807) is 0 Å². The molecule has 0 aliphatic carbocycles. The molecule has 0 atom stereocenters. The molecule has 0 heterocycles. The molecule has 0 bridgehead atoms. The molecule has 0 unspecified atom stereocenters. The molecule has 0 aliphatic rings. The molecule has 4 heteroatoms. The zero-order valence-corrected chi connectivity index (χ0v) is 14.4. The highest BCUT2D eigenvalue weighted by molar-refractivity contribution is 5.71. The van der Waals surface area contributed by atoms with E-state index in [9.17, 15) is 4.79 Å². The molecule has 0 aromatic heterocycles. The van der Waals surface area contributed by atoms with Crippen LogP contribution in [0.4, 0.5) is 0 Å². The number of carboxylic acids is 1. The van der Waals surface area contributed by atoms with Crippen molar-refractivity contribution in [1.29, 1.82) is 0 Å². The van der Waals surface area contributed by atoms with E-state index in [0.29, 0.717) is 13.2 Å². The van der Waals surface area contributed by atoms with Crippen molar-refractivity contribution in [1.82, 2.24) is 0 Å². The Morgan fingerprint density at radius 1 is 1.04 bits per heavy atom. The third-order valence-corrected chi connectivity index (χ3v) is 3.91. The summed E-state index contributed by atoms with van der Waals surface area (Å²) in [6.07, 6.45) is 0.0438. The summed E-state index contributed by atoms with van der Waals surface area (Å²) in [5, 5.41) is 8.85. The third kappa shape index (κ3) is 4.91. The van der Waals surface area contributed by atoms with Crippen molar-refractivity contribution in [2.24, 2.45) is 0 Å². The van der Waals surface area contributed by atoms with Crippen LogP contribution in [-0.2, 0) is 26.4 Å². The second-order valence-electron chi connectivity index (χ2n) is 6.40. The van der Waals surface area contributed by atoms with Gasteiger partial charge in [0.15, 0.2) is 0 Å². The van der Waals surface area contributed by atoms with Gasteiger partial charge in [-0.15, -0.1) is 0 Å². The molecular formula is C20H24O4. The smallest absolute Gasteiger partial charge is 0.307 e. The van der Waals surface area contributed by atoms with E-state index in [1.165, 1.54) is 0 Å². The number of carboxylic acid groups (broad SMARTS) is 1. The molecule has 128 valence electrons. The second-order valence-corrected chi connectivity index (χ2v) is 6.40. The fourth-order valence-electron chi connectivity index (χ4n) is 2.47. The summed E-state index contributed by atoms with van der Waals surface area (Å²) in [6.45, 7) is 7.12. The van der Waals surface area contributed by atoms with Crippen LogP contribution >= 0.6 is 0 Å². The predicted octanol–water partition coefficient (Wildman–Crippen LogP) is 4.23. The first-order chi connectivity index (χ1) is 11.4. The number of hydrogen-bond acceptors (Lipinski definition) is 3. The predicted molar refractivity (Wildman–Crippen MR) is 93.8 cm³/mol. The average molecular weight is 328 g/mol. The summed E-state index contributed by atoms with van der Waals surface area (Å²) >= 11 is 0. The first-order valence-corrected chi connectivity index (χ1v) is 8.08. The lowest BCUT2D eigenvalue weighted by Crippen LogP contribution is -2.24. The zero-order valence-electron chi connectivity index (χ0n) is 14.4. The van der Waals surface area contributed by atoms with E-state index in [-0.39, 0.29) is 11.8 Å². The number of benzene rings is 2. The Balaban J connectivity index is 2.19. The van der Waals surface area contributed by atoms with Gasteiger partial charge in [-0.05, 0) is 29.2 Å². The maximum absolute atomic E-state index is 10.8. The number of carbonyl (C=O) groups is 1. The van der Waals surface area contributed by atoms with Gasteiger partial charge < -0.3 is 5.11 Å². The SMILES string of the molecule is CCOOCC(C)(C)c1cccc(-c2ccc(CC(=O)O)cc2)c1. The summed E-state index contributed by atoms with van der Waals surface area (Å²) in [5.74, 6) is -0.819. The maximum Gasteiger partial charge on any atom is 0.307 e. The highest BCUT2D eigenvalue weighted by Crippen LogP contribution is 2.28. The molecule has 0 spiro atoms. The summed E-state index contributed by atoms with van der Waals surface area (Å²) in [4.78, 5) is 21.0. The normalized spacial score (nSPS) is 11.5. The van der Waals surface area contributed by atoms with Crippen LogP contribution in [0.25, 0.3) is 11.1 Å². The molecule has 0 fully saturated rings. The Morgan fingerprint density at radius 2 is 1.75 bits per heavy atom. The van der Waals surface area contributed by atoms with Crippen LogP contribution in [0, 0.1) is 0 Å². The van der Waals surface area contributed by atoms with E-state index in [0.717, 1.165) is 22.3 Å². The van der Waals surface area contributed by atoms with Gasteiger partial charge in [0.2, 0.25) is 0 Å². The van der Waals surface area contributed by atoms with Crippen molar-refractivity contribution < 1.29 is 19.7 Å². The van der Waals surface area contributed by atoms with Crippen molar-refractivity contribution in [3.05, 3.63) is 59.7 Å². The van der Waals surface area contributed by atoms with Gasteiger partial charge in [-0.1, -0.05) is 62.4 Å². The minimum Gasteiger partial charge on any atom is -0.481 e. The van der Waals surface area contributed by atoms with Crippen molar-refractivity contribution >= 4 is 5.97 Å². The fraction of sp³-hybridized carbons (Fsp3) is 0.350. The Hall–Kier alpha value is -2.17. The van der Waals surface area contributed by atoms with E-state index < -0.39 is 5.97 Å². The standard InChI is InChI=1S/C20H24O4/c1-4-23-24-14-20(2,3)18-7-5-6-17(13-18)16-10-8-15(9-11-16)12-19(21)22/h5-11,13H,4,12,14H2,1-3H3,(H,21,22). The molecule has 0 aliphatic heterocycles.